The van der Waals surface area contributed by atoms with Crippen molar-refractivity contribution in [1.29, 1.82) is 0 Å². The summed E-state index contributed by atoms with van der Waals surface area (Å²) in [4.78, 5) is 2.40. The van der Waals surface area contributed by atoms with Crippen LogP contribution in [0.2, 0.25) is 0 Å². The largest absolute Gasteiger partial charge is 0.455 e. The van der Waals surface area contributed by atoms with Crippen molar-refractivity contribution in [3.8, 4) is 27.9 Å². The molecule has 0 spiro atoms. The normalized spacial score (nSPS) is 11.6. The molecule has 0 aliphatic rings. The average Bonchev–Trinajstić information content (AvgIpc) is 3.80. The highest BCUT2D eigenvalue weighted by molar-refractivity contribution is 6.19. The molecule has 11 aromatic rings. The first-order chi connectivity index (χ1) is 27.3. The number of aromatic nitrogens is 1. The van der Waals surface area contributed by atoms with Crippen LogP contribution in [0.3, 0.4) is 0 Å². The molecule has 3 heteroatoms. The molecule has 55 heavy (non-hydrogen) atoms. The fraction of sp³-hybridized carbons (Fsp3) is 0. The molecule has 0 unspecified atom stereocenters. The number of para-hydroxylation sites is 3. The highest BCUT2D eigenvalue weighted by atomic mass is 16.3. The van der Waals surface area contributed by atoms with Crippen molar-refractivity contribution in [2.45, 2.75) is 0 Å². The Morgan fingerprint density at radius 2 is 0.945 bits per heavy atom. The number of nitrogens with zero attached hydrogens (tertiary/aromatic N) is 2. The van der Waals surface area contributed by atoms with Crippen LogP contribution in [-0.2, 0) is 0 Å². The SMILES string of the molecule is c1ccc(-c2cccc(N(c3ccc(-c4ccc5c(c4)c4ccccc4n5-c4ccccc4)cc3)c3cc4c5ccccc5oc4c4ccccc34)c2)cc1. The molecular formula is C52H34N2O. The number of fused-ring (bicyclic) bond motifs is 8. The Hall–Kier alpha value is -7.36. The second-order valence-corrected chi connectivity index (χ2v) is 14.1. The maximum absolute atomic E-state index is 6.52. The summed E-state index contributed by atoms with van der Waals surface area (Å²) in [6.45, 7) is 0. The highest BCUT2D eigenvalue weighted by Crippen LogP contribution is 2.45. The number of hydrogen-bond acceptors (Lipinski definition) is 2. The van der Waals surface area contributed by atoms with E-state index in [1.165, 1.54) is 44.1 Å². The molecule has 11 rings (SSSR count). The van der Waals surface area contributed by atoms with Crippen molar-refractivity contribution >= 4 is 71.6 Å². The maximum Gasteiger partial charge on any atom is 0.143 e. The van der Waals surface area contributed by atoms with Crippen molar-refractivity contribution in [1.82, 2.24) is 4.57 Å². The predicted molar refractivity (Wildman–Crippen MR) is 231 cm³/mol. The fourth-order valence-corrected chi connectivity index (χ4v) is 8.41. The van der Waals surface area contributed by atoms with Gasteiger partial charge in [-0.25, -0.2) is 0 Å². The minimum Gasteiger partial charge on any atom is -0.455 e. The minimum absolute atomic E-state index is 0.894. The third kappa shape index (κ3) is 5.13. The molecule has 0 aliphatic heterocycles. The molecule has 0 fully saturated rings. The van der Waals surface area contributed by atoms with Crippen LogP contribution in [0.15, 0.2) is 211 Å². The van der Waals surface area contributed by atoms with Crippen molar-refractivity contribution in [2.24, 2.45) is 0 Å². The van der Waals surface area contributed by atoms with Gasteiger partial charge in [0.1, 0.15) is 11.2 Å². The zero-order valence-electron chi connectivity index (χ0n) is 29.9. The van der Waals surface area contributed by atoms with Gasteiger partial charge in [0.2, 0.25) is 0 Å². The molecule has 0 bridgehead atoms. The van der Waals surface area contributed by atoms with E-state index < -0.39 is 0 Å². The van der Waals surface area contributed by atoms with E-state index in [2.05, 4.69) is 210 Å². The Kier molecular flexibility index (Phi) is 7.17. The first-order valence-corrected chi connectivity index (χ1v) is 18.8. The highest BCUT2D eigenvalue weighted by Gasteiger charge is 2.21. The standard InChI is InChI=1S/C52H34N2O/c1-3-14-35(15-4-1)37-16-13-19-41(32-37)53(50-34-47-44-22-10-12-25-51(44)55-52(47)45-23-8-7-20-42(45)50)40-29-26-36(27-30-40)38-28-31-49-46(33-38)43-21-9-11-24-48(43)54(49)39-17-5-2-6-18-39/h1-34H. The molecule has 0 aliphatic carbocycles. The van der Waals surface area contributed by atoms with Crippen molar-refractivity contribution < 1.29 is 4.42 Å². The second-order valence-electron chi connectivity index (χ2n) is 14.1. The van der Waals surface area contributed by atoms with Gasteiger partial charge in [-0.2, -0.15) is 0 Å². The summed E-state index contributed by atoms with van der Waals surface area (Å²) in [7, 11) is 0. The molecule has 258 valence electrons. The van der Waals surface area contributed by atoms with Crippen LogP contribution < -0.4 is 4.90 Å². The summed E-state index contributed by atoms with van der Waals surface area (Å²) < 4.78 is 8.88. The third-order valence-electron chi connectivity index (χ3n) is 11.0. The van der Waals surface area contributed by atoms with Gasteiger partial charge in [0.05, 0.1) is 16.7 Å². The Bertz CT molecular complexity index is 3190. The van der Waals surface area contributed by atoms with E-state index in [9.17, 15) is 0 Å². The number of furan rings is 1. The second kappa shape index (κ2) is 12.6. The quantitative estimate of drug-likeness (QED) is 0.172. The topological polar surface area (TPSA) is 21.3 Å². The molecule has 0 atom stereocenters. The van der Waals surface area contributed by atoms with Crippen LogP contribution >= 0.6 is 0 Å². The van der Waals surface area contributed by atoms with Gasteiger partial charge >= 0.3 is 0 Å². The molecule has 9 aromatic carbocycles. The first-order valence-electron chi connectivity index (χ1n) is 18.8. The monoisotopic (exact) mass is 702 g/mol. The van der Waals surface area contributed by atoms with Gasteiger partial charge < -0.3 is 13.9 Å². The van der Waals surface area contributed by atoms with E-state index in [0.717, 1.165) is 55.5 Å². The molecule has 0 saturated heterocycles. The summed E-state index contributed by atoms with van der Waals surface area (Å²) in [5, 5.41) is 6.93. The van der Waals surface area contributed by atoms with Crippen LogP contribution in [0.4, 0.5) is 17.1 Å². The lowest BCUT2D eigenvalue weighted by atomic mass is 9.99. The van der Waals surface area contributed by atoms with Gasteiger partial charge in [0.25, 0.3) is 0 Å². The average molecular weight is 703 g/mol. The van der Waals surface area contributed by atoms with E-state index in [-0.39, 0.29) is 0 Å². The van der Waals surface area contributed by atoms with E-state index in [1.54, 1.807) is 0 Å². The van der Waals surface area contributed by atoms with Crippen LogP contribution in [0.25, 0.3) is 82.5 Å². The van der Waals surface area contributed by atoms with Gasteiger partial charge in [-0.3, -0.25) is 0 Å². The van der Waals surface area contributed by atoms with Crippen molar-refractivity contribution in [2.75, 3.05) is 4.90 Å². The minimum atomic E-state index is 0.894. The Morgan fingerprint density at radius 1 is 0.345 bits per heavy atom. The molecule has 0 amide bonds. The summed E-state index contributed by atoms with van der Waals surface area (Å²) >= 11 is 0. The molecule has 2 heterocycles. The zero-order valence-corrected chi connectivity index (χ0v) is 29.9. The smallest absolute Gasteiger partial charge is 0.143 e. The Balaban J connectivity index is 1.09. The van der Waals surface area contributed by atoms with Gasteiger partial charge in [0, 0.05) is 49.4 Å². The number of hydrogen-bond donors (Lipinski definition) is 0. The first kappa shape index (κ1) is 31.2. The van der Waals surface area contributed by atoms with Gasteiger partial charge in [-0.15, -0.1) is 0 Å². The Labute approximate surface area is 318 Å². The van der Waals surface area contributed by atoms with E-state index in [1.807, 2.05) is 6.07 Å². The molecule has 2 aromatic heterocycles. The number of anilines is 3. The molecule has 0 saturated carbocycles. The summed E-state index contributed by atoms with van der Waals surface area (Å²) in [6.07, 6.45) is 0. The summed E-state index contributed by atoms with van der Waals surface area (Å²) in [5.41, 5.74) is 13.3. The predicted octanol–water partition coefficient (Wildman–Crippen LogP) is 14.6. The van der Waals surface area contributed by atoms with Crippen LogP contribution in [0, 0.1) is 0 Å². The lowest BCUT2D eigenvalue weighted by molar-refractivity contribution is 0.672. The van der Waals surface area contributed by atoms with E-state index in [4.69, 9.17) is 4.42 Å². The van der Waals surface area contributed by atoms with Crippen LogP contribution in [0.1, 0.15) is 0 Å². The number of benzene rings is 9. The van der Waals surface area contributed by atoms with E-state index in [0.29, 0.717) is 0 Å². The van der Waals surface area contributed by atoms with E-state index >= 15 is 0 Å². The van der Waals surface area contributed by atoms with Gasteiger partial charge in [-0.1, -0.05) is 140 Å². The summed E-state index contributed by atoms with van der Waals surface area (Å²) in [6, 6.07) is 73.9. The molecule has 0 N–H and O–H groups in total. The lowest BCUT2D eigenvalue weighted by Gasteiger charge is -2.28. The molecule has 3 nitrogen and oxygen atoms in total. The van der Waals surface area contributed by atoms with Crippen LogP contribution in [0.5, 0.6) is 0 Å². The lowest BCUT2D eigenvalue weighted by Crippen LogP contribution is -2.10. The fourth-order valence-electron chi connectivity index (χ4n) is 8.41. The van der Waals surface area contributed by atoms with Gasteiger partial charge in [0.15, 0.2) is 0 Å². The Morgan fingerprint density at radius 3 is 1.76 bits per heavy atom. The number of rotatable bonds is 6. The molecular weight excluding hydrogens is 669 g/mol. The third-order valence-corrected chi connectivity index (χ3v) is 11.0. The summed E-state index contributed by atoms with van der Waals surface area (Å²) in [5.74, 6) is 0. The zero-order chi connectivity index (χ0) is 36.3. The maximum atomic E-state index is 6.52. The van der Waals surface area contributed by atoms with Gasteiger partial charge in [-0.05, 0) is 89.0 Å². The van der Waals surface area contributed by atoms with Crippen molar-refractivity contribution in [3.63, 3.8) is 0 Å². The molecule has 0 radical (unpaired) electrons. The van der Waals surface area contributed by atoms with Crippen LogP contribution in [-0.4, -0.2) is 4.57 Å². The van der Waals surface area contributed by atoms with Crippen molar-refractivity contribution in [3.05, 3.63) is 206 Å².